The summed E-state index contributed by atoms with van der Waals surface area (Å²) in [5.74, 6) is -0.0585. The minimum absolute atomic E-state index is 0.0249. The van der Waals surface area contributed by atoms with Gasteiger partial charge in [-0.05, 0) is 12.1 Å². The Bertz CT molecular complexity index is 453. The summed E-state index contributed by atoms with van der Waals surface area (Å²) in [6.45, 7) is 0. The second-order valence-corrected chi connectivity index (χ2v) is 2.48. The van der Waals surface area contributed by atoms with Gasteiger partial charge in [0.1, 0.15) is 5.75 Å². The number of nitrogens with two attached hydrogens (primary N) is 1. The van der Waals surface area contributed by atoms with Crippen LogP contribution in [-0.4, -0.2) is 12.1 Å². The largest absolute Gasteiger partial charge is 0.494 e. The van der Waals surface area contributed by atoms with Crippen LogP contribution in [0, 0.1) is 5.82 Å². The van der Waals surface area contributed by atoms with E-state index in [1.807, 2.05) is 0 Å². The molecule has 0 bridgehead atoms. The summed E-state index contributed by atoms with van der Waals surface area (Å²) in [7, 11) is 1.47. The molecule has 0 atom stereocenters. The molecule has 0 spiro atoms. The second-order valence-electron chi connectivity index (χ2n) is 2.48. The maximum atomic E-state index is 13.1. The van der Waals surface area contributed by atoms with Crippen LogP contribution in [0.3, 0.4) is 0 Å². The van der Waals surface area contributed by atoms with Gasteiger partial charge in [0, 0.05) is 0 Å². The molecule has 2 rings (SSSR count). The van der Waals surface area contributed by atoms with Gasteiger partial charge in [0.05, 0.1) is 7.11 Å². The first-order chi connectivity index (χ1) is 6.22. The fraction of sp³-hybridized carbons (Fsp3) is 0.125. The Balaban J connectivity index is 2.83. The standard InChI is InChI=1S/C8H7FN2O2/c1-12-5-3-2-4(9)7-6(5)11-8(10)13-7/h2-3H,1H3,(H2,10,11). The zero-order valence-corrected chi connectivity index (χ0v) is 6.87. The molecule has 0 fully saturated rings. The molecule has 2 N–H and O–H groups in total. The van der Waals surface area contributed by atoms with Crippen LogP contribution in [0.5, 0.6) is 5.75 Å². The van der Waals surface area contributed by atoms with Gasteiger partial charge in [-0.15, -0.1) is 0 Å². The van der Waals surface area contributed by atoms with Gasteiger partial charge in [0.25, 0.3) is 6.01 Å². The number of aromatic nitrogens is 1. The van der Waals surface area contributed by atoms with Gasteiger partial charge < -0.3 is 14.9 Å². The van der Waals surface area contributed by atoms with Crippen LogP contribution in [-0.2, 0) is 0 Å². The van der Waals surface area contributed by atoms with Crippen molar-refractivity contribution in [1.82, 2.24) is 4.98 Å². The van der Waals surface area contributed by atoms with E-state index in [2.05, 4.69) is 4.98 Å². The first-order valence-electron chi connectivity index (χ1n) is 3.61. The zero-order valence-electron chi connectivity index (χ0n) is 6.87. The third-order valence-corrected chi connectivity index (χ3v) is 1.69. The first kappa shape index (κ1) is 7.85. The van der Waals surface area contributed by atoms with E-state index in [0.29, 0.717) is 11.3 Å². The highest BCUT2D eigenvalue weighted by Gasteiger charge is 2.12. The number of methoxy groups -OCH3 is 1. The molecule has 5 heteroatoms. The number of nitrogens with zero attached hydrogens (tertiary/aromatic N) is 1. The monoisotopic (exact) mass is 182 g/mol. The van der Waals surface area contributed by atoms with E-state index in [0.717, 1.165) is 0 Å². The highest BCUT2D eigenvalue weighted by Crippen LogP contribution is 2.28. The normalized spacial score (nSPS) is 10.6. The molecule has 2 aromatic rings. The minimum atomic E-state index is -0.500. The molecular formula is C8H7FN2O2. The van der Waals surface area contributed by atoms with Crippen molar-refractivity contribution in [3.05, 3.63) is 17.9 Å². The highest BCUT2D eigenvalue weighted by atomic mass is 19.1. The number of halogens is 1. The Hall–Kier alpha value is -1.78. The van der Waals surface area contributed by atoms with Crippen molar-refractivity contribution in [3.8, 4) is 5.75 Å². The number of nitrogen functional groups attached to an aromatic ring is 1. The number of rotatable bonds is 1. The lowest BCUT2D eigenvalue weighted by Gasteiger charge is -1.98. The molecule has 4 nitrogen and oxygen atoms in total. The average molecular weight is 182 g/mol. The van der Waals surface area contributed by atoms with Gasteiger partial charge in [-0.1, -0.05) is 0 Å². The zero-order chi connectivity index (χ0) is 9.42. The second kappa shape index (κ2) is 2.62. The van der Waals surface area contributed by atoms with Gasteiger partial charge in [-0.25, -0.2) is 4.39 Å². The molecule has 0 aliphatic carbocycles. The van der Waals surface area contributed by atoms with Crippen molar-refractivity contribution in [2.75, 3.05) is 12.8 Å². The lowest BCUT2D eigenvalue weighted by atomic mass is 10.3. The van der Waals surface area contributed by atoms with E-state index >= 15 is 0 Å². The molecule has 1 aromatic heterocycles. The van der Waals surface area contributed by atoms with E-state index in [9.17, 15) is 4.39 Å². The van der Waals surface area contributed by atoms with Gasteiger partial charge in [-0.2, -0.15) is 4.98 Å². The van der Waals surface area contributed by atoms with E-state index < -0.39 is 5.82 Å². The van der Waals surface area contributed by atoms with Crippen LogP contribution in [0.15, 0.2) is 16.5 Å². The van der Waals surface area contributed by atoms with E-state index in [1.54, 1.807) is 0 Å². The van der Waals surface area contributed by atoms with Crippen molar-refractivity contribution in [3.63, 3.8) is 0 Å². The summed E-state index contributed by atoms with van der Waals surface area (Å²) in [5, 5.41) is 0. The maximum absolute atomic E-state index is 13.1. The van der Waals surface area contributed by atoms with E-state index in [4.69, 9.17) is 14.9 Å². The third kappa shape index (κ3) is 1.09. The summed E-state index contributed by atoms with van der Waals surface area (Å²) in [5.41, 5.74) is 5.61. The molecule has 0 unspecified atom stereocenters. The Morgan fingerprint density at radius 2 is 2.31 bits per heavy atom. The first-order valence-corrected chi connectivity index (χ1v) is 3.61. The number of oxazole rings is 1. The van der Waals surface area contributed by atoms with Crippen LogP contribution in [0.25, 0.3) is 11.1 Å². The Kier molecular flexibility index (Phi) is 1.58. The predicted octanol–water partition coefficient (Wildman–Crippen LogP) is 1.56. The molecule has 0 saturated carbocycles. The number of anilines is 1. The Morgan fingerprint density at radius 1 is 1.54 bits per heavy atom. The quantitative estimate of drug-likeness (QED) is 0.726. The molecule has 0 saturated heterocycles. The SMILES string of the molecule is COc1ccc(F)c2oc(N)nc12. The van der Waals surface area contributed by atoms with Gasteiger partial charge in [0.15, 0.2) is 16.9 Å². The van der Waals surface area contributed by atoms with Gasteiger partial charge in [0.2, 0.25) is 0 Å². The van der Waals surface area contributed by atoms with Gasteiger partial charge in [-0.3, -0.25) is 0 Å². The number of fused-ring (bicyclic) bond motifs is 1. The van der Waals surface area contributed by atoms with E-state index in [1.165, 1.54) is 19.2 Å². The molecule has 0 aliphatic rings. The fourth-order valence-electron chi connectivity index (χ4n) is 1.13. The average Bonchev–Trinajstić information content (AvgIpc) is 2.48. The summed E-state index contributed by atoms with van der Waals surface area (Å²) < 4.78 is 22.9. The lowest BCUT2D eigenvalue weighted by molar-refractivity contribution is 0.418. The summed E-state index contributed by atoms with van der Waals surface area (Å²) in [6, 6.07) is 2.64. The number of hydrogen-bond donors (Lipinski definition) is 1. The topological polar surface area (TPSA) is 61.3 Å². The van der Waals surface area contributed by atoms with Crippen molar-refractivity contribution < 1.29 is 13.5 Å². The molecule has 0 radical (unpaired) electrons. The molecular weight excluding hydrogens is 175 g/mol. The smallest absolute Gasteiger partial charge is 0.293 e. The van der Waals surface area contributed by atoms with Crippen LogP contribution in [0.1, 0.15) is 0 Å². The summed E-state index contributed by atoms with van der Waals surface area (Å²) in [4.78, 5) is 3.79. The molecule has 13 heavy (non-hydrogen) atoms. The Morgan fingerprint density at radius 3 is 3.00 bits per heavy atom. The summed E-state index contributed by atoms with van der Waals surface area (Å²) >= 11 is 0. The number of benzene rings is 1. The third-order valence-electron chi connectivity index (χ3n) is 1.69. The predicted molar refractivity (Wildman–Crippen MR) is 44.9 cm³/mol. The fourth-order valence-corrected chi connectivity index (χ4v) is 1.13. The lowest BCUT2D eigenvalue weighted by Crippen LogP contribution is -1.86. The minimum Gasteiger partial charge on any atom is -0.494 e. The molecule has 0 aliphatic heterocycles. The molecule has 1 aromatic carbocycles. The van der Waals surface area contributed by atoms with Crippen LogP contribution in [0.2, 0.25) is 0 Å². The van der Waals surface area contributed by atoms with Crippen molar-refractivity contribution >= 4 is 17.1 Å². The number of hydrogen-bond acceptors (Lipinski definition) is 4. The van der Waals surface area contributed by atoms with Crippen LogP contribution >= 0.6 is 0 Å². The van der Waals surface area contributed by atoms with Gasteiger partial charge >= 0.3 is 0 Å². The number of ether oxygens (including phenoxy) is 1. The maximum Gasteiger partial charge on any atom is 0.293 e. The van der Waals surface area contributed by atoms with Crippen LogP contribution < -0.4 is 10.5 Å². The van der Waals surface area contributed by atoms with Crippen molar-refractivity contribution in [2.24, 2.45) is 0 Å². The molecule has 0 amide bonds. The molecule has 1 heterocycles. The van der Waals surface area contributed by atoms with Crippen molar-refractivity contribution in [2.45, 2.75) is 0 Å². The van der Waals surface area contributed by atoms with E-state index in [-0.39, 0.29) is 11.6 Å². The highest BCUT2D eigenvalue weighted by molar-refractivity contribution is 5.81. The van der Waals surface area contributed by atoms with Crippen molar-refractivity contribution in [1.29, 1.82) is 0 Å². The molecule has 68 valence electrons. The summed E-state index contributed by atoms with van der Waals surface area (Å²) in [6.07, 6.45) is 0. The Labute approximate surface area is 73.1 Å². The van der Waals surface area contributed by atoms with Crippen LogP contribution in [0.4, 0.5) is 10.4 Å².